The molecular formula is C26H32FN7O. The predicted molar refractivity (Wildman–Crippen MR) is 133 cm³/mol. The number of anilines is 1. The van der Waals surface area contributed by atoms with Gasteiger partial charge in [0.25, 0.3) is 0 Å². The van der Waals surface area contributed by atoms with Crippen LogP contribution >= 0.6 is 0 Å². The lowest BCUT2D eigenvalue weighted by molar-refractivity contribution is -0.109. The number of hydrogen-bond donors (Lipinski definition) is 1. The van der Waals surface area contributed by atoms with E-state index in [1.165, 1.54) is 32.0 Å². The van der Waals surface area contributed by atoms with Crippen molar-refractivity contribution >= 4 is 12.1 Å². The molecule has 35 heavy (non-hydrogen) atoms. The molecule has 0 bridgehead atoms. The Bertz CT molecular complexity index is 1190. The quantitative estimate of drug-likeness (QED) is 0.570. The third-order valence-electron chi connectivity index (χ3n) is 7.15. The van der Waals surface area contributed by atoms with Gasteiger partial charge in [0.2, 0.25) is 6.41 Å². The van der Waals surface area contributed by atoms with E-state index in [1.807, 2.05) is 25.5 Å². The number of rotatable bonds is 5. The number of likely N-dealkylation sites (tertiary alicyclic amines) is 1. The van der Waals surface area contributed by atoms with E-state index >= 15 is 0 Å². The highest BCUT2D eigenvalue weighted by Gasteiger charge is 2.38. The SMILES string of the molecule is Cc1cc(-n2cc(-c3cncc(N4CC5CN(C)CC5C4)c3)nn2)c(C)cc1F.O=CNC1CC1. The maximum absolute atomic E-state index is 13.8. The van der Waals surface area contributed by atoms with Gasteiger partial charge in [-0.25, -0.2) is 9.07 Å². The zero-order valence-electron chi connectivity index (χ0n) is 20.5. The first kappa shape index (κ1) is 23.4. The van der Waals surface area contributed by atoms with Gasteiger partial charge in [-0.3, -0.25) is 9.78 Å². The number of nitrogens with one attached hydrogen (secondary N) is 1. The number of amides is 1. The first-order valence-corrected chi connectivity index (χ1v) is 12.2. The minimum atomic E-state index is -0.204. The van der Waals surface area contributed by atoms with Gasteiger partial charge >= 0.3 is 0 Å². The molecule has 3 aliphatic rings. The zero-order valence-corrected chi connectivity index (χ0v) is 20.5. The van der Waals surface area contributed by atoms with Crippen molar-refractivity contribution in [2.75, 3.05) is 38.1 Å². The van der Waals surface area contributed by atoms with Crippen molar-refractivity contribution in [1.29, 1.82) is 0 Å². The lowest BCUT2D eigenvalue weighted by Crippen LogP contribution is -2.26. The number of carbonyl (C=O) groups excluding carboxylic acids is 1. The average Bonchev–Trinajstić information content (AvgIpc) is 3.22. The standard InChI is InChI=1S/C22H25FN6.C4H7NO/c1-14-5-22(15(2)4-20(14)23)29-13-21(25-26-29)16-6-19(8-24-7-16)28-11-17-9-27(3)10-18(17)12-28;6-3-5-4-1-2-4/h4-8,13,17-18H,9-12H2,1-3H3;3-4H,1-2H2,(H,5,6). The fraction of sp³-hybridized carbons (Fsp3) is 0.462. The molecule has 184 valence electrons. The summed E-state index contributed by atoms with van der Waals surface area (Å²) < 4.78 is 15.5. The molecule has 0 radical (unpaired) electrons. The van der Waals surface area contributed by atoms with E-state index in [9.17, 15) is 9.18 Å². The second-order valence-corrected chi connectivity index (χ2v) is 10.1. The third-order valence-corrected chi connectivity index (χ3v) is 7.15. The summed E-state index contributed by atoms with van der Waals surface area (Å²) in [5.74, 6) is 1.29. The Morgan fingerprint density at radius 2 is 1.77 bits per heavy atom. The van der Waals surface area contributed by atoms with Crippen LogP contribution in [-0.4, -0.2) is 70.6 Å². The van der Waals surface area contributed by atoms with Crippen LogP contribution in [0.1, 0.15) is 24.0 Å². The zero-order chi connectivity index (χ0) is 24.5. The maximum atomic E-state index is 13.8. The molecule has 2 aliphatic heterocycles. The van der Waals surface area contributed by atoms with Crippen molar-refractivity contribution < 1.29 is 9.18 Å². The number of nitrogens with zero attached hydrogens (tertiary/aromatic N) is 6. The number of hydrogen-bond acceptors (Lipinski definition) is 6. The lowest BCUT2D eigenvalue weighted by Gasteiger charge is -2.21. The molecule has 1 aliphatic carbocycles. The van der Waals surface area contributed by atoms with Gasteiger partial charge in [-0.15, -0.1) is 5.10 Å². The summed E-state index contributed by atoms with van der Waals surface area (Å²) in [6.07, 6.45) is 8.76. The number of aromatic nitrogens is 4. The molecule has 1 aromatic carbocycles. The summed E-state index contributed by atoms with van der Waals surface area (Å²) in [5.41, 5.74) is 5.10. The molecule has 0 spiro atoms. The largest absolute Gasteiger partial charge is 0.370 e. The van der Waals surface area contributed by atoms with Crippen LogP contribution in [0, 0.1) is 31.5 Å². The summed E-state index contributed by atoms with van der Waals surface area (Å²) in [6, 6.07) is 6.02. The first-order valence-electron chi connectivity index (χ1n) is 12.2. The van der Waals surface area contributed by atoms with Crippen molar-refractivity contribution in [3.8, 4) is 16.9 Å². The second-order valence-electron chi connectivity index (χ2n) is 10.1. The molecule has 1 amide bonds. The summed E-state index contributed by atoms with van der Waals surface area (Å²) >= 11 is 0. The van der Waals surface area contributed by atoms with E-state index in [2.05, 4.69) is 43.5 Å². The van der Waals surface area contributed by atoms with Crippen molar-refractivity contribution in [3.05, 3.63) is 53.7 Å². The first-order chi connectivity index (χ1) is 16.9. The van der Waals surface area contributed by atoms with Crippen molar-refractivity contribution in [3.63, 3.8) is 0 Å². The smallest absolute Gasteiger partial charge is 0.207 e. The van der Waals surface area contributed by atoms with Gasteiger partial charge in [0.15, 0.2) is 0 Å². The van der Waals surface area contributed by atoms with Crippen LogP contribution < -0.4 is 10.2 Å². The Kier molecular flexibility index (Phi) is 6.51. The van der Waals surface area contributed by atoms with Crippen molar-refractivity contribution in [2.45, 2.75) is 32.7 Å². The molecule has 2 aromatic heterocycles. The molecule has 2 unspecified atom stereocenters. The van der Waals surface area contributed by atoms with E-state index in [4.69, 9.17) is 0 Å². The van der Waals surface area contributed by atoms with Gasteiger partial charge in [-0.2, -0.15) is 0 Å². The molecule has 6 rings (SSSR count). The molecule has 4 heterocycles. The molecule has 9 heteroatoms. The molecule has 8 nitrogen and oxygen atoms in total. The van der Waals surface area contributed by atoms with E-state index in [-0.39, 0.29) is 5.82 Å². The summed E-state index contributed by atoms with van der Waals surface area (Å²) in [4.78, 5) is 18.9. The van der Waals surface area contributed by atoms with Gasteiger partial charge in [0.1, 0.15) is 11.5 Å². The van der Waals surface area contributed by atoms with Crippen molar-refractivity contribution in [2.24, 2.45) is 11.8 Å². The van der Waals surface area contributed by atoms with Crippen LogP contribution in [0.4, 0.5) is 10.1 Å². The third kappa shape index (κ3) is 5.19. The predicted octanol–water partition coefficient (Wildman–Crippen LogP) is 2.98. The molecule has 2 saturated heterocycles. The van der Waals surface area contributed by atoms with Gasteiger partial charge in [0.05, 0.1) is 23.8 Å². The number of halogens is 1. The molecular weight excluding hydrogens is 445 g/mol. The maximum Gasteiger partial charge on any atom is 0.207 e. The van der Waals surface area contributed by atoms with Gasteiger partial charge in [-0.1, -0.05) is 5.21 Å². The monoisotopic (exact) mass is 477 g/mol. The minimum absolute atomic E-state index is 0.204. The van der Waals surface area contributed by atoms with Crippen LogP contribution in [0.25, 0.3) is 16.9 Å². The van der Waals surface area contributed by atoms with Gasteiger partial charge < -0.3 is 15.1 Å². The fourth-order valence-electron chi connectivity index (χ4n) is 5.05. The van der Waals surface area contributed by atoms with Crippen LogP contribution in [0.15, 0.2) is 36.8 Å². The number of fused-ring (bicyclic) bond motifs is 1. The Labute approximate surface area is 205 Å². The average molecular weight is 478 g/mol. The molecule has 3 aromatic rings. The van der Waals surface area contributed by atoms with Gasteiger partial charge in [0, 0.05) is 44.0 Å². The number of aryl methyl sites for hydroxylation is 2. The number of carbonyl (C=O) groups is 1. The topological polar surface area (TPSA) is 79.2 Å². The lowest BCUT2D eigenvalue weighted by atomic mass is 10.0. The van der Waals surface area contributed by atoms with Crippen LogP contribution in [0.3, 0.4) is 0 Å². The van der Waals surface area contributed by atoms with Crippen LogP contribution in [0.5, 0.6) is 0 Å². The highest BCUT2D eigenvalue weighted by atomic mass is 19.1. The molecule has 3 fully saturated rings. The van der Waals surface area contributed by atoms with Crippen LogP contribution in [0.2, 0.25) is 0 Å². The highest BCUT2D eigenvalue weighted by molar-refractivity contribution is 5.64. The number of benzene rings is 1. The van der Waals surface area contributed by atoms with E-state index in [0.717, 1.165) is 59.5 Å². The molecule has 2 atom stereocenters. The summed E-state index contributed by atoms with van der Waals surface area (Å²) in [6.45, 7) is 8.16. The van der Waals surface area contributed by atoms with Crippen molar-refractivity contribution in [1.82, 2.24) is 30.2 Å². The number of pyridine rings is 1. The Morgan fingerprint density at radius 1 is 1.03 bits per heavy atom. The normalized spacial score (nSPS) is 21.4. The molecule has 1 saturated carbocycles. The second kappa shape index (κ2) is 9.73. The van der Waals surface area contributed by atoms with E-state index < -0.39 is 0 Å². The Morgan fingerprint density at radius 3 is 2.43 bits per heavy atom. The Balaban J connectivity index is 0.000000371. The van der Waals surface area contributed by atoms with Crippen LogP contribution in [-0.2, 0) is 4.79 Å². The molecule has 1 N–H and O–H groups in total. The fourth-order valence-corrected chi connectivity index (χ4v) is 5.05. The van der Waals surface area contributed by atoms with E-state index in [1.54, 1.807) is 17.7 Å². The van der Waals surface area contributed by atoms with E-state index in [0.29, 0.717) is 11.6 Å². The Hall–Kier alpha value is -3.33. The highest BCUT2D eigenvalue weighted by Crippen LogP contribution is 2.34. The summed E-state index contributed by atoms with van der Waals surface area (Å²) in [7, 11) is 2.21. The minimum Gasteiger partial charge on any atom is -0.370 e. The summed E-state index contributed by atoms with van der Waals surface area (Å²) in [5, 5.41) is 11.3. The van der Waals surface area contributed by atoms with Gasteiger partial charge in [-0.05, 0) is 74.9 Å².